The van der Waals surface area contributed by atoms with Gasteiger partial charge in [-0.1, -0.05) is 71.4 Å². The highest BCUT2D eigenvalue weighted by Gasteiger charge is 2.37. The normalized spacial score (nSPS) is 14.3. The first-order chi connectivity index (χ1) is 19.8. The summed E-state index contributed by atoms with van der Waals surface area (Å²) in [6.45, 7) is 10.1. The molecule has 6 rings (SSSR count). The zero-order valence-corrected chi connectivity index (χ0v) is 24.2. The largest absolute Gasteiger partial charge is 0.459 e. The lowest BCUT2D eigenvalue weighted by Crippen LogP contribution is -2.56. The lowest BCUT2D eigenvalue weighted by molar-refractivity contribution is -0.120. The van der Waals surface area contributed by atoms with E-state index in [-0.39, 0.29) is 18.0 Å². The maximum absolute atomic E-state index is 12.6. The average Bonchev–Trinajstić information content (AvgIpc) is 3.51. The Morgan fingerprint density at radius 3 is 2.32 bits per heavy atom. The predicted molar refractivity (Wildman–Crippen MR) is 161 cm³/mol. The van der Waals surface area contributed by atoms with E-state index in [1.54, 1.807) is 0 Å². The maximum Gasteiger partial charge on any atom is 0.224 e. The summed E-state index contributed by atoms with van der Waals surface area (Å²) < 4.78 is 11.7. The predicted octanol–water partition coefficient (Wildman–Crippen LogP) is 5.93. The van der Waals surface area contributed by atoms with Crippen molar-refractivity contribution < 1.29 is 13.7 Å². The van der Waals surface area contributed by atoms with E-state index in [2.05, 4.69) is 53.5 Å². The molecule has 5 aromatic rings. The molecule has 0 saturated carbocycles. The Balaban J connectivity index is 0.000000500. The van der Waals surface area contributed by atoms with Crippen LogP contribution in [0.2, 0.25) is 0 Å². The molecule has 1 unspecified atom stereocenters. The number of carbonyl (C=O) groups excluding carboxylic acids is 1. The van der Waals surface area contributed by atoms with Crippen LogP contribution in [0.1, 0.15) is 51.1 Å². The standard InChI is InChI=1S/C28H32N4O3.C6H6/c1-16-5-7-21(17(2)9-16)13-30-26(33)11-20-6-8-24-22(10-20)12-25(34-24)28(32-14-23(29)15-32)27-18(3)31-35-19(27)4;1-2-4-6-5-3-1/h5-10,12,23,28H,11,13-15,29H2,1-4H3,(H,30,33);1-6H. The summed E-state index contributed by atoms with van der Waals surface area (Å²) in [4.78, 5) is 14.9. The van der Waals surface area contributed by atoms with Gasteiger partial charge >= 0.3 is 0 Å². The molecule has 212 valence electrons. The molecule has 1 fully saturated rings. The van der Waals surface area contributed by atoms with E-state index < -0.39 is 0 Å². The van der Waals surface area contributed by atoms with Crippen LogP contribution in [-0.4, -0.2) is 35.1 Å². The number of amides is 1. The maximum atomic E-state index is 12.6. The molecule has 1 atom stereocenters. The fraction of sp³-hybridized carbons (Fsp3) is 0.294. The molecular formula is C34H38N4O3. The quantitative estimate of drug-likeness (QED) is 0.261. The van der Waals surface area contributed by atoms with Crippen molar-refractivity contribution in [3.63, 3.8) is 0 Å². The Morgan fingerprint density at radius 1 is 1.00 bits per heavy atom. The minimum Gasteiger partial charge on any atom is -0.459 e. The highest BCUT2D eigenvalue weighted by Crippen LogP contribution is 2.38. The lowest BCUT2D eigenvalue weighted by atomic mass is 9.96. The molecule has 0 radical (unpaired) electrons. The van der Waals surface area contributed by atoms with Crippen LogP contribution in [0.4, 0.5) is 0 Å². The molecule has 1 aliphatic heterocycles. The Bertz CT molecular complexity index is 1570. The van der Waals surface area contributed by atoms with Crippen molar-refractivity contribution in [1.82, 2.24) is 15.4 Å². The summed E-state index contributed by atoms with van der Waals surface area (Å²) in [5.41, 5.74) is 13.3. The van der Waals surface area contributed by atoms with E-state index >= 15 is 0 Å². The van der Waals surface area contributed by atoms with E-state index in [0.29, 0.717) is 13.0 Å². The fourth-order valence-electron chi connectivity index (χ4n) is 5.37. The second-order valence-electron chi connectivity index (χ2n) is 10.9. The topological polar surface area (TPSA) is 97.5 Å². The Kier molecular flexibility index (Phi) is 8.67. The number of nitrogens with zero attached hydrogens (tertiary/aromatic N) is 2. The van der Waals surface area contributed by atoms with Gasteiger partial charge in [-0.05, 0) is 62.6 Å². The molecule has 7 heteroatoms. The van der Waals surface area contributed by atoms with Crippen molar-refractivity contribution in [3.8, 4) is 0 Å². The Morgan fingerprint density at radius 2 is 1.71 bits per heavy atom. The number of likely N-dealkylation sites (tertiary alicyclic amines) is 1. The van der Waals surface area contributed by atoms with E-state index in [9.17, 15) is 4.79 Å². The van der Waals surface area contributed by atoms with E-state index in [4.69, 9.17) is 14.7 Å². The van der Waals surface area contributed by atoms with Crippen molar-refractivity contribution in [3.05, 3.63) is 124 Å². The van der Waals surface area contributed by atoms with E-state index in [1.807, 2.05) is 68.4 Å². The highest BCUT2D eigenvalue weighted by molar-refractivity contribution is 5.83. The second kappa shape index (κ2) is 12.5. The molecule has 3 N–H and O–H groups in total. The molecule has 7 nitrogen and oxygen atoms in total. The number of nitrogens with two attached hydrogens (primary N) is 1. The summed E-state index contributed by atoms with van der Waals surface area (Å²) in [6, 6.07) is 26.3. The van der Waals surface area contributed by atoms with Gasteiger partial charge in [-0.15, -0.1) is 0 Å². The number of rotatable bonds is 7. The molecule has 3 heterocycles. The number of carbonyl (C=O) groups is 1. The minimum absolute atomic E-state index is 0.00351. The van der Waals surface area contributed by atoms with Crippen LogP contribution in [0, 0.1) is 27.7 Å². The number of benzene rings is 3. The number of hydrogen-bond acceptors (Lipinski definition) is 6. The molecule has 0 bridgehead atoms. The van der Waals surface area contributed by atoms with Gasteiger partial charge in [0.25, 0.3) is 0 Å². The first kappa shape index (κ1) is 28.3. The first-order valence-electron chi connectivity index (χ1n) is 14.1. The molecule has 0 spiro atoms. The number of hydrogen-bond donors (Lipinski definition) is 2. The molecule has 1 amide bonds. The van der Waals surface area contributed by atoms with Crippen molar-refractivity contribution in [2.24, 2.45) is 5.73 Å². The van der Waals surface area contributed by atoms with Crippen LogP contribution in [0.3, 0.4) is 0 Å². The molecular weight excluding hydrogens is 512 g/mol. The third kappa shape index (κ3) is 6.76. The SMILES string of the molecule is Cc1ccc(CNC(=O)Cc2ccc3oc(C(c4c(C)noc4C)N4CC(N)C4)cc3c2)c(C)c1.c1ccccc1. The number of aryl methyl sites for hydroxylation is 4. The molecule has 2 aromatic heterocycles. The number of fused-ring (bicyclic) bond motifs is 1. The van der Waals surface area contributed by atoms with Gasteiger partial charge in [0.05, 0.1) is 18.2 Å². The van der Waals surface area contributed by atoms with Crippen molar-refractivity contribution >= 4 is 16.9 Å². The fourth-order valence-corrected chi connectivity index (χ4v) is 5.37. The van der Waals surface area contributed by atoms with Crippen LogP contribution in [0.5, 0.6) is 0 Å². The number of furan rings is 1. The van der Waals surface area contributed by atoms with Gasteiger partial charge < -0.3 is 20.0 Å². The van der Waals surface area contributed by atoms with Gasteiger partial charge in [0.15, 0.2) is 0 Å². The first-order valence-corrected chi connectivity index (χ1v) is 14.1. The molecule has 41 heavy (non-hydrogen) atoms. The molecule has 3 aromatic carbocycles. The third-order valence-electron chi connectivity index (χ3n) is 7.54. The van der Waals surface area contributed by atoms with Crippen LogP contribution in [0.25, 0.3) is 11.0 Å². The monoisotopic (exact) mass is 550 g/mol. The number of aromatic nitrogens is 1. The van der Waals surface area contributed by atoms with Gasteiger partial charge in [0.2, 0.25) is 5.91 Å². The van der Waals surface area contributed by atoms with Crippen molar-refractivity contribution in [1.29, 1.82) is 0 Å². The zero-order chi connectivity index (χ0) is 28.9. The zero-order valence-electron chi connectivity index (χ0n) is 24.2. The van der Waals surface area contributed by atoms with Gasteiger partial charge in [-0.2, -0.15) is 0 Å². The second-order valence-corrected chi connectivity index (χ2v) is 10.9. The van der Waals surface area contributed by atoms with Crippen molar-refractivity contribution in [2.75, 3.05) is 13.1 Å². The average molecular weight is 551 g/mol. The lowest BCUT2D eigenvalue weighted by Gasteiger charge is -2.41. The van der Waals surface area contributed by atoms with Crippen LogP contribution in [-0.2, 0) is 17.8 Å². The van der Waals surface area contributed by atoms with Gasteiger partial charge in [-0.3, -0.25) is 9.69 Å². The van der Waals surface area contributed by atoms with Gasteiger partial charge in [-0.25, -0.2) is 0 Å². The summed E-state index contributed by atoms with van der Waals surface area (Å²) in [5, 5.41) is 8.17. The van der Waals surface area contributed by atoms with Gasteiger partial charge in [0, 0.05) is 36.6 Å². The van der Waals surface area contributed by atoms with Crippen LogP contribution in [0.15, 0.2) is 87.8 Å². The van der Waals surface area contributed by atoms with Crippen molar-refractivity contribution in [2.45, 2.75) is 52.7 Å². The van der Waals surface area contributed by atoms with Crippen LogP contribution >= 0.6 is 0 Å². The molecule has 0 aliphatic carbocycles. The summed E-state index contributed by atoms with van der Waals surface area (Å²) in [6.07, 6.45) is 0.315. The van der Waals surface area contributed by atoms with Crippen LogP contribution < -0.4 is 11.1 Å². The number of nitrogens with one attached hydrogen (secondary N) is 1. The molecule has 1 saturated heterocycles. The smallest absolute Gasteiger partial charge is 0.224 e. The third-order valence-corrected chi connectivity index (χ3v) is 7.54. The van der Waals surface area contributed by atoms with E-state index in [0.717, 1.165) is 58.0 Å². The highest BCUT2D eigenvalue weighted by atomic mass is 16.5. The Labute approximate surface area is 241 Å². The Hall–Kier alpha value is -4.20. The summed E-state index contributed by atoms with van der Waals surface area (Å²) in [7, 11) is 0. The molecule has 1 aliphatic rings. The summed E-state index contributed by atoms with van der Waals surface area (Å²) in [5.74, 6) is 1.61. The minimum atomic E-state index is -0.0991. The summed E-state index contributed by atoms with van der Waals surface area (Å²) >= 11 is 0. The van der Waals surface area contributed by atoms with Gasteiger partial charge in [0.1, 0.15) is 17.1 Å². The van der Waals surface area contributed by atoms with E-state index in [1.165, 1.54) is 11.1 Å².